The summed E-state index contributed by atoms with van der Waals surface area (Å²) in [6.45, 7) is 3.29. The summed E-state index contributed by atoms with van der Waals surface area (Å²) >= 11 is 1.71. The van der Waals surface area contributed by atoms with E-state index >= 15 is 0 Å². The van der Waals surface area contributed by atoms with Gasteiger partial charge in [-0.05, 0) is 29.0 Å². The first-order chi connectivity index (χ1) is 16.7. The predicted octanol–water partition coefficient (Wildman–Crippen LogP) is 5.11. The second-order valence-corrected chi connectivity index (χ2v) is 9.66. The fourth-order valence-corrected chi connectivity index (χ4v) is 5.05. The minimum Gasteiger partial charge on any atom is -0.388 e. The van der Waals surface area contributed by atoms with Crippen molar-refractivity contribution in [3.05, 3.63) is 102 Å². The van der Waals surface area contributed by atoms with E-state index in [1.807, 2.05) is 91.0 Å². The summed E-state index contributed by atoms with van der Waals surface area (Å²) < 4.78 is 18.7. The van der Waals surface area contributed by atoms with E-state index in [1.165, 1.54) is 0 Å². The van der Waals surface area contributed by atoms with E-state index in [-0.39, 0.29) is 11.5 Å². The van der Waals surface area contributed by atoms with Gasteiger partial charge >= 0.3 is 0 Å². The second-order valence-electron chi connectivity index (χ2n) is 8.29. The molecule has 6 heteroatoms. The Bertz CT molecular complexity index is 960. The molecule has 1 aliphatic heterocycles. The van der Waals surface area contributed by atoms with Gasteiger partial charge in [-0.15, -0.1) is 11.8 Å². The predicted molar refractivity (Wildman–Crippen MR) is 138 cm³/mol. The molecule has 1 fully saturated rings. The van der Waals surface area contributed by atoms with Crippen LogP contribution in [0.2, 0.25) is 0 Å². The van der Waals surface area contributed by atoms with Gasteiger partial charge in [-0.3, -0.25) is 0 Å². The zero-order valence-corrected chi connectivity index (χ0v) is 20.3. The van der Waals surface area contributed by atoms with E-state index in [1.54, 1.807) is 11.8 Å². The Labute approximate surface area is 206 Å². The average Bonchev–Trinajstić information content (AvgIpc) is 2.88. The fraction of sp³-hybridized carbons (Fsp3) is 0.357. The molecule has 3 aromatic carbocycles. The van der Waals surface area contributed by atoms with Gasteiger partial charge in [0, 0.05) is 5.69 Å². The van der Waals surface area contributed by atoms with Gasteiger partial charge in [0.1, 0.15) is 23.7 Å². The van der Waals surface area contributed by atoms with Crippen LogP contribution in [0.3, 0.4) is 0 Å². The molecule has 180 valence electrons. The second kappa shape index (κ2) is 12.9. The molecule has 0 aliphatic carbocycles. The molecule has 3 aromatic rings. The maximum atomic E-state index is 11.4. The lowest BCUT2D eigenvalue weighted by molar-refractivity contribution is -0.187. The Kier molecular flexibility index (Phi) is 9.42. The quantitative estimate of drug-likeness (QED) is 0.399. The summed E-state index contributed by atoms with van der Waals surface area (Å²) in [5, 5.41) is 14.9. The SMILES string of the molecule is CCSC1OC(COCc2ccccc2)C(O)C(OCc2ccccc2)C1Nc1ccccc1. The first kappa shape index (κ1) is 24.8. The van der Waals surface area contributed by atoms with E-state index < -0.39 is 18.3 Å². The Morgan fingerprint density at radius 3 is 2.06 bits per heavy atom. The highest BCUT2D eigenvalue weighted by atomic mass is 32.2. The maximum absolute atomic E-state index is 11.4. The smallest absolute Gasteiger partial charge is 0.126 e. The first-order valence-electron chi connectivity index (χ1n) is 11.8. The zero-order valence-electron chi connectivity index (χ0n) is 19.5. The molecule has 0 radical (unpaired) electrons. The molecule has 1 heterocycles. The molecular weight excluding hydrogens is 446 g/mol. The number of hydrogen-bond acceptors (Lipinski definition) is 6. The third-order valence-corrected chi connectivity index (χ3v) is 6.86. The van der Waals surface area contributed by atoms with Gasteiger partial charge in [0.05, 0.1) is 25.9 Å². The number of rotatable bonds is 11. The number of benzene rings is 3. The number of aliphatic hydroxyl groups excluding tert-OH is 1. The van der Waals surface area contributed by atoms with Crippen LogP contribution in [0.25, 0.3) is 0 Å². The number of nitrogens with one attached hydrogen (secondary N) is 1. The number of anilines is 1. The molecule has 1 aliphatic rings. The van der Waals surface area contributed by atoms with Crippen LogP contribution in [0.5, 0.6) is 0 Å². The summed E-state index contributed by atoms with van der Waals surface area (Å²) in [4.78, 5) is 0. The van der Waals surface area contributed by atoms with Crippen LogP contribution >= 0.6 is 11.8 Å². The minimum atomic E-state index is -0.839. The van der Waals surface area contributed by atoms with Crippen LogP contribution in [0.4, 0.5) is 5.69 Å². The van der Waals surface area contributed by atoms with Crippen LogP contribution in [0, 0.1) is 0 Å². The average molecular weight is 480 g/mol. The van der Waals surface area contributed by atoms with Crippen molar-refractivity contribution in [1.29, 1.82) is 0 Å². The summed E-state index contributed by atoms with van der Waals surface area (Å²) in [6.07, 6.45) is -1.79. The van der Waals surface area contributed by atoms with Gasteiger partial charge in [0.2, 0.25) is 0 Å². The van der Waals surface area contributed by atoms with Crippen molar-refractivity contribution in [2.45, 2.75) is 49.9 Å². The maximum Gasteiger partial charge on any atom is 0.126 e. The van der Waals surface area contributed by atoms with E-state index in [0.29, 0.717) is 19.8 Å². The molecule has 0 bridgehead atoms. The third kappa shape index (κ3) is 6.84. The Morgan fingerprint density at radius 1 is 0.853 bits per heavy atom. The highest BCUT2D eigenvalue weighted by Gasteiger charge is 2.46. The summed E-state index contributed by atoms with van der Waals surface area (Å²) in [7, 11) is 0. The van der Waals surface area contributed by atoms with Crippen LogP contribution in [0.1, 0.15) is 18.1 Å². The molecule has 2 N–H and O–H groups in total. The van der Waals surface area contributed by atoms with Gasteiger partial charge < -0.3 is 24.6 Å². The van der Waals surface area contributed by atoms with Crippen molar-refractivity contribution < 1.29 is 19.3 Å². The summed E-state index contributed by atoms with van der Waals surface area (Å²) in [6, 6.07) is 29.8. The molecule has 4 rings (SSSR count). The zero-order chi connectivity index (χ0) is 23.6. The monoisotopic (exact) mass is 479 g/mol. The molecule has 5 atom stereocenters. The standard InChI is InChI=1S/C28H33NO4S/c1-2-34-28-25(29-23-16-10-5-11-17-23)27(32-19-22-14-8-4-9-15-22)26(30)24(33-28)20-31-18-21-12-6-3-7-13-21/h3-17,24-30H,2,18-20H2,1H3. The molecule has 1 saturated heterocycles. The van der Waals surface area contributed by atoms with Crippen LogP contribution in [-0.2, 0) is 27.4 Å². The van der Waals surface area contributed by atoms with Crippen LogP contribution in [-0.4, -0.2) is 47.3 Å². The third-order valence-electron chi connectivity index (χ3n) is 5.79. The lowest BCUT2D eigenvalue weighted by Crippen LogP contribution is -2.61. The van der Waals surface area contributed by atoms with E-state index in [2.05, 4.69) is 12.2 Å². The Balaban J connectivity index is 1.49. The van der Waals surface area contributed by atoms with Gasteiger partial charge in [0.25, 0.3) is 0 Å². The Morgan fingerprint density at radius 2 is 1.44 bits per heavy atom. The van der Waals surface area contributed by atoms with Gasteiger partial charge in [-0.25, -0.2) is 0 Å². The van der Waals surface area contributed by atoms with E-state index in [4.69, 9.17) is 14.2 Å². The lowest BCUT2D eigenvalue weighted by Gasteiger charge is -2.45. The Hall–Kier alpha value is -2.35. The van der Waals surface area contributed by atoms with Crippen molar-refractivity contribution in [3.8, 4) is 0 Å². The minimum absolute atomic E-state index is 0.195. The topological polar surface area (TPSA) is 60.0 Å². The highest BCUT2D eigenvalue weighted by molar-refractivity contribution is 7.99. The normalized spacial score (nSPS) is 24.6. The highest BCUT2D eigenvalue weighted by Crippen LogP contribution is 2.33. The number of thioether (sulfide) groups is 1. The van der Waals surface area contributed by atoms with Crippen LogP contribution < -0.4 is 5.32 Å². The van der Waals surface area contributed by atoms with Crippen molar-refractivity contribution in [3.63, 3.8) is 0 Å². The summed E-state index contributed by atoms with van der Waals surface area (Å²) in [5.74, 6) is 0.886. The number of hydrogen-bond donors (Lipinski definition) is 2. The fourth-order valence-electron chi connectivity index (χ4n) is 4.07. The largest absolute Gasteiger partial charge is 0.388 e. The number of para-hydroxylation sites is 1. The lowest BCUT2D eigenvalue weighted by atomic mass is 9.97. The van der Waals surface area contributed by atoms with Gasteiger partial charge in [-0.1, -0.05) is 85.8 Å². The molecule has 0 spiro atoms. The molecule has 0 aromatic heterocycles. The van der Waals surface area contributed by atoms with Crippen molar-refractivity contribution >= 4 is 17.4 Å². The van der Waals surface area contributed by atoms with Crippen LogP contribution in [0.15, 0.2) is 91.0 Å². The van der Waals surface area contributed by atoms with Crippen molar-refractivity contribution in [1.82, 2.24) is 0 Å². The van der Waals surface area contributed by atoms with Gasteiger partial charge in [-0.2, -0.15) is 0 Å². The van der Waals surface area contributed by atoms with Crippen molar-refractivity contribution in [2.75, 3.05) is 17.7 Å². The molecule has 0 saturated carbocycles. The number of aliphatic hydroxyl groups is 1. The van der Waals surface area contributed by atoms with E-state index in [0.717, 1.165) is 22.6 Å². The van der Waals surface area contributed by atoms with Gasteiger partial charge in [0.15, 0.2) is 0 Å². The summed E-state index contributed by atoms with van der Waals surface area (Å²) in [5.41, 5.74) is 2.93. The molecule has 0 amide bonds. The van der Waals surface area contributed by atoms with Crippen molar-refractivity contribution in [2.24, 2.45) is 0 Å². The molecule has 5 unspecified atom stereocenters. The molecule has 5 nitrogen and oxygen atoms in total. The number of ether oxygens (including phenoxy) is 3. The molecule has 34 heavy (non-hydrogen) atoms. The first-order valence-corrected chi connectivity index (χ1v) is 12.8. The molecular formula is C28H33NO4S. The van der Waals surface area contributed by atoms with E-state index in [9.17, 15) is 5.11 Å².